The number of hydrogen-bond donors (Lipinski definition) is 0. The van der Waals surface area contributed by atoms with Gasteiger partial charge in [-0.15, -0.1) is 0 Å². The lowest BCUT2D eigenvalue weighted by Crippen LogP contribution is -2.07. The minimum absolute atomic E-state index is 0.902. The average Bonchev–Trinajstić information content (AvgIpc) is 2.59. The standard InChI is InChI=1S/C6H5N2OS/c1-4-10-7-6(1)8-2-3-9-5-8/h1-5H. The van der Waals surface area contributed by atoms with Crippen LogP contribution >= 0.6 is 11.5 Å². The minimum Gasteiger partial charge on any atom is -0.470 e. The van der Waals surface area contributed by atoms with Crippen molar-refractivity contribution in [2.75, 3.05) is 4.90 Å². The highest BCUT2D eigenvalue weighted by molar-refractivity contribution is 7.03. The van der Waals surface area contributed by atoms with Gasteiger partial charge in [0, 0.05) is 11.6 Å². The molecule has 10 heavy (non-hydrogen) atoms. The Hall–Kier alpha value is -1.03. The van der Waals surface area contributed by atoms with Crippen LogP contribution in [0.15, 0.2) is 23.9 Å². The fraction of sp³-hybridized carbons (Fsp3) is 0. The molecule has 1 aliphatic heterocycles. The molecule has 2 rings (SSSR count). The zero-order chi connectivity index (χ0) is 6.81. The molecule has 1 aromatic heterocycles. The quantitative estimate of drug-likeness (QED) is 0.612. The third-order valence-corrected chi connectivity index (χ3v) is 1.71. The largest absolute Gasteiger partial charge is 0.470 e. The Morgan fingerprint density at radius 1 is 1.60 bits per heavy atom. The number of ether oxygens (including phenoxy) is 1. The highest BCUT2D eigenvalue weighted by Gasteiger charge is 2.09. The van der Waals surface area contributed by atoms with Crippen molar-refractivity contribution in [3.8, 4) is 0 Å². The number of aromatic nitrogens is 1. The summed E-state index contributed by atoms with van der Waals surface area (Å²) >= 11 is 1.43. The second kappa shape index (κ2) is 2.30. The van der Waals surface area contributed by atoms with Crippen LogP contribution in [-0.2, 0) is 4.74 Å². The van der Waals surface area contributed by atoms with E-state index in [2.05, 4.69) is 4.37 Å². The molecule has 2 heterocycles. The zero-order valence-corrected chi connectivity index (χ0v) is 5.91. The van der Waals surface area contributed by atoms with E-state index >= 15 is 0 Å². The van der Waals surface area contributed by atoms with Crippen molar-refractivity contribution in [1.82, 2.24) is 4.37 Å². The van der Waals surface area contributed by atoms with Crippen LogP contribution < -0.4 is 4.90 Å². The van der Waals surface area contributed by atoms with E-state index in [1.165, 1.54) is 11.5 Å². The van der Waals surface area contributed by atoms with Crippen molar-refractivity contribution in [3.05, 3.63) is 30.6 Å². The first-order chi connectivity index (χ1) is 4.97. The molecule has 0 aromatic carbocycles. The van der Waals surface area contributed by atoms with Crippen molar-refractivity contribution < 1.29 is 4.74 Å². The summed E-state index contributed by atoms with van der Waals surface area (Å²) in [6, 6.07) is 1.93. The maximum atomic E-state index is 4.87. The topological polar surface area (TPSA) is 25.4 Å². The van der Waals surface area contributed by atoms with Crippen LogP contribution in [0.1, 0.15) is 0 Å². The summed E-state index contributed by atoms with van der Waals surface area (Å²) in [5.41, 5.74) is 0. The van der Waals surface area contributed by atoms with Crippen LogP contribution in [0.4, 0.5) is 5.82 Å². The molecule has 1 aliphatic rings. The predicted molar refractivity (Wildman–Crippen MR) is 39.1 cm³/mol. The van der Waals surface area contributed by atoms with Crippen molar-refractivity contribution in [2.45, 2.75) is 0 Å². The summed E-state index contributed by atoms with van der Waals surface area (Å²) in [4.78, 5) is 1.82. The molecule has 0 amide bonds. The van der Waals surface area contributed by atoms with E-state index < -0.39 is 0 Å². The summed E-state index contributed by atoms with van der Waals surface area (Å²) in [5.74, 6) is 0.902. The van der Waals surface area contributed by atoms with Crippen LogP contribution in [-0.4, -0.2) is 4.37 Å². The fourth-order valence-corrected chi connectivity index (χ4v) is 1.21. The van der Waals surface area contributed by atoms with E-state index in [1.807, 2.05) is 22.5 Å². The minimum atomic E-state index is 0.902. The molecule has 0 unspecified atom stereocenters. The third-order valence-electron chi connectivity index (χ3n) is 1.16. The predicted octanol–water partition coefficient (Wildman–Crippen LogP) is 1.57. The van der Waals surface area contributed by atoms with E-state index in [4.69, 9.17) is 4.74 Å². The molecule has 0 N–H and O–H groups in total. The molecular formula is C6H5N2OS. The first-order valence-electron chi connectivity index (χ1n) is 2.81. The van der Waals surface area contributed by atoms with Gasteiger partial charge in [0.15, 0.2) is 0 Å². The second-order valence-corrected chi connectivity index (χ2v) is 2.46. The third kappa shape index (κ3) is 0.863. The van der Waals surface area contributed by atoms with Gasteiger partial charge in [0.25, 0.3) is 0 Å². The number of nitrogens with zero attached hydrogens (tertiary/aromatic N) is 2. The van der Waals surface area contributed by atoms with Gasteiger partial charge >= 0.3 is 0 Å². The lowest BCUT2D eigenvalue weighted by molar-refractivity contribution is 0.355. The van der Waals surface area contributed by atoms with Gasteiger partial charge in [-0.1, -0.05) is 0 Å². The molecule has 0 saturated carbocycles. The fourth-order valence-electron chi connectivity index (χ4n) is 0.706. The number of hydrogen-bond acceptors (Lipinski definition) is 4. The van der Waals surface area contributed by atoms with Crippen molar-refractivity contribution in [1.29, 1.82) is 0 Å². The van der Waals surface area contributed by atoms with Gasteiger partial charge in [0.05, 0.1) is 0 Å². The van der Waals surface area contributed by atoms with Gasteiger partial charge in [0.2, 0.25) is 6.73 Å². The van der Waals surface area contributed by atoms with Crippen LogP contribution in [0.2, 0.25) is 0 Å². The lowest BCUT2D eigenvalue weighted by atomic mass is 10.6. The Morgan fingerprint density at radius 2 is 2.60 bits per heavy atom. The molecule has 1 aromatic rings. The normalized spacial score (nSPS) is 15.8. The number of rotatable bonds is 1. The molecule has 0 bridgehead atoms. The smallest absolute Gasteiger partial charge is 0.233 e. The average molecular weight is 153 g/mol. The van der Waals surface area contributed by atoms with Crippen LogP contribution in [0.5, 0.6) is 0 Å². The van der Waals surface area contributed by atoms with Crippen molar-refractivity contribution in [3.63, 3.8) is 0 Å². The Kier molecular flexibility index (Phi) is 1.32. The van der Waals surface area contributed by atoms with E-state index in [0.29, 0.717) is 0 Å². The van der Waals surface area contributed by atoms with Gasteiger partial charge in [-0.25, -0.2) is 0 Å². The summed E-state index contributed by atoms with van der Waals surface area (Å²) in [6.07, 6.45) is 3.42. The maximum absolute atomic E-state index is 4.87. The monoisotopic (exact) mass is 153 g/mol. The Balaban J connectivity index is 2.20. The van der Waals surface area contributed by atoms with Crippen LogP contribution in [0.3, 0.4) is 0 Å². The van der Waals surface area contributed by atoms with Gasteiger partial charge in [-0.05, 0) is 17.6 Å². The molecule has 4 heteroatoms. The highest BCUT2D eigenvalue weighted by Crippen LogP contribution is 2.18. The molecule has 3 nitrogen and oxygen atoms in total. The van der Waals surface area contributed by atoms with Gasteiger partial charge < -0.3 is 4.74 Å². The maximum Gasteiger partial charge on any atom is 0.233 e. The van der Waals surface area contributed by atoms with Gasteiger partial charge in [-0.2, -0.15) is 4.37 Å². The Morgan fingerprint density at radius 3 is 3.20 bits per heavy atom. The summed E-state index contributed by atoms with van der Waals surface area (Å²) in [5, 5.41) is 1.93. The first-order valence-corrected chi connectivity index (χ1v) is 3.65. The zero-order valence-electron chi connectivity index (χ0n) is 5.10. The molecule has 0 fully saturated rings. The van der Waals surface area contributed by atoms with Crippen LogP contribution in [0, 0.1) is 6.73 Å². The highest BCUT2D eigenvalue weighted by atomic mass is 32.1. The van der Waals surface area contributed by atoms with Gasteiger partial charge in [-0.3, -0.25) is 4.90 Å². The van der Waals surface area contributed by atoms with Crippen LogP contribution in [0.25, 0.3) is 0 Å². The molecule has 0 spiro atoms. The van der Waals surface area contributed by atoms with Gasteiger partial charge in [0.1, 0.15) is 12.1 Å². The summed E-state index contributed by atoms with van der Waals surface area (Å²) in [6.45, 7) is 1.61. The summed E-state index contributed by atoms with van der Waals surface area (Å²) in [7, 11) is 0. The van der Waals surface area contributed by atoms with E-state index in [9.17, 15) is 0 Å². The molecule has 0 aliphatic carbocycles. The second-order valence-electron chi connectivity index (χ2n) is 1.79. The Bertz CT molecular complexity index is 232. The number of anilines is 1. The molecule has 1 radical (unpaired) electrons. The lowest BCUT2D eigenvalue weighted by Gasteiger charge is -2.06. The Labute approximate surface area is 62.7 Å². The SMILES string of the molecule is [CH]1OC=CN1c1ccsn1. The van der Waals surface area contributed by atoms with E-state index in [0.717, 1.165) is 5.82 Å². The van der Waals surface area contributed by atoms with Crippen molar-refractivity contribution in [2.24, 2.45) is 0 Å². The molecule has 0 atom stereocenters. The molecular weight excluding hydrogens is 148 g/mol. The first kappa shape index (κ1) is 5.73. The summed E-state index contributed by atoms with van der Waals surface area (Å²) < 4.78 is 8.97. The van der Waals surface area contributed by atoms with E-state index in [-0.39, 0.29) is 0 Å². The van der Waals surface area contributed by atoms with E-state index in [1.54, 1.807) is 13.0 Å². The molecule has 0 saturated heterocycles. The van der Waals surface area contributed by atoms with Crippen molar-refractivity contribution >= 4 is 17.4 Å². The molecule has 51 valence electrons.